The van der Waals surface area contributed by atoms with E-state index in [1.165, 1.54) is 11.1 Å². The lowest BCUT2D eigenvalue weighted by Gasteiger charge is -2.32. The summed E-state index contributed by atoms with van der Waals surface area (Å²) in [5.74, 6) is -0.0124. The fourth-order valence-electron chi connectivity index (χ4n) is 4.60. The predicted molar refractivity (Wildman–Crippen MR) is 118 cm³/mol. The number of halogens is 1. The summed E-state index contributed by atoms with van der Waals surface area (Å²) in [6, 6.07) is 15.3. The van der Waals surface area contributed by atoms with Crippen molar-refractivity contribution < 1.29 is 9.59 Å². The predicted octanol–water partition coefficient (Wildman–Crippen LogP) is 4.55. The third-order valence-corrected chi connectivity index (χ3v) is 6.43. The Bertz CT molecular complexity index is 915. The number of carbonyl (C=O) groups is 2. The Morgan fingerprint density at radius 2 is 1.87 bits per heavy atom. The standard InChI is InChI=1S/C24H28ClN3O2/c1-27(16-17-11-13-19(25)14-12-17)23(29)22-10-5-15-28(22)24(30)26-21-9-4-7-18-6-2-3-8-20(18)21/h2-3,6,8,11-14,21-22H,4-5,7,9-10,15-16H2,1H3,(H,26,30). The quantitative estimate of drug-likeness (QED) is 0.781. The summed E-state index contributed by atoms with van der Waals surface area (Å²) < 4.78 is 0. The van der Waals surface area contributed by atoms with E-state index in [1.807, 2.05) is 30.3 Å². The Morgan fingerprint density at radius 1 is 1.10 bits per heavy atom. The number of aryl methyl sites for hydroxylation is 1. The molecule has 5 nitrogen and oxygen atoms in total. The molecule has 1 heterocycles. The summed E-state index contributed by atoms with van der Waals surface area (Å²) >= 11 is 5.95. The normalized spacial score (nSPS) is 20.5. The highest BCUT2D eigenvalue weighted by Gasteiger charge is 2.36. The third-order valence-electron chi connectivity index (χ3n) is 6.18. The van der Waals surface area contributed by atoms with Gasteiger partial charge in [-0.3, -0.25) is 4.79 Å². The monoisotopic (exact) mass is 425 g/mol. The lowest BCUT2D eigenvalue weighted by Crippen LogP contribution is -2.50. The SMILES string of the molecule is CN(Cc1ccc(Cl)cc1)C(=O)C1CCCN1C(=O)NC1CCCc2ccccc21. The Hall–Kier alpha value is -2.53. The van der Waals surface area contributed by atoms with Gasteiger partial charge in [0.1, 0.15) is 6.04 Å². The molecule has 3 amide bonds. The van der Waals surface area contributed by atoms with Crippen LogP contribution in [0.25, 0.3) is 0 Å². The summed E-state index contributed by atoms with van der Waals surface area (Å²) in [6.45, 7) is 1.11. The first-order valence-corrected chi connectivity index (χ1v) is 11.0. The van der Waals surface area contributed by atoms with E-state index in [0.717, 1.165) is 31.2 Å². The average Bonchev–Trinajstić information content (AvgIpc) is 3.25. The molecular weight excluding hydrogens is 398 g/mol. The summed E-state index contributed by atoms with van der Waals surface area (Å²) in [7, 11) is 1.79. The maximum atomic E-state index is 13.1. The summed E-state index contributed by atoms with van der Waals surface area (Å²) in [5.41, 5.74) is 3.54. The molecule has 158 valence electrons. The zero-order chi connectivity index (χ0) is 21.1. The van der Waals surface area contributed by atoms with Crippen molar-refractivity contribution in [2.75, 3.05) is 13.6 Å². The first-order chi connectivity index (χ1) is 14.5. The lowest BCUT2D eigenvalue weighted by atomic mass is 9.88. The Balaban J connectivity index is 1.41. The molecule has 0 spiro atoms. The number of carbonyl (C=O) groups excluding carboxylic acids is 2. The molecule has 2 aromatic rings. The molecule has 2 atom stereocenters. The topological polar surface area (TPSA) is 52.7 Å². The molecule has 2 unspecified atom stereocenters. The fraction of sp³-hybridized carbons (Fsp3) is 0.417. The van der Waals surface area contributed by atoms with Crippen LogP contribution in [0, 0.1) is 0 Å². The van der Waals surface area contributed by atoms with E-state index >= 15 is 0 Å². The third kappa shape index (κ3) is 4.46. The van der Waals surface area contributed by atoms with Gasteiger partial charge in [0.25, 0.3) is 0 Å². The fourth-order valence-corrected chi connectivity index (χ4v) is 4.72. The van der Waals surface area contributed by atoms with Crippen molar-refractivity contribution in [1.29, 1.82) is 0 Å². The zero-order valence-electron chi connectivity index (χ0n) is 17.3. The van der Waals surface area contributed by atoms with Gasteiger partial charge in [-0.2, -0.15) is 0 Å². The number of amides is 3. The second kappa shape index (κ2) is 9.09. The second-order valence-corrected chi connectivity index (χ2v) is 8.70. The maximum Gasteiger partial charge on any atom is 0.318 e. The van der Waals surface area contributed by atoms with Gasteiger partial charge in [-0.15, -0.1) is 0 Å². The van der Waals surface area contributed by atoms with E-state index in [2.05, 4.69) is 23.5 Å². The molecule has 0 bridgehead atoms. The number of rotatable bonds is 4. The smallest absolute Gasteiger partial charge is 0.318 e. The molecule has 1 N–H and O–H groups in total. The van der Waals surface area contributed by atoms with Gasteiger partial charge in [0.05, 0.1) is 6.04 Å². The molecule has 0 radical (unpaired) electrons. The average molecular weight is 426 g/mol. The Kier molecular flexibility index (Phi) is 6.28. The minimum atomic E-state index is -0.402. The molecular formula is C24H28ClN3O2. The van der Waals surface area contributed by atoms with Gasteiger partial charge >= 0.3 is 6.03 Å². The molecule has 1 saturated heterocycles. The van der Waals surface area contributed by atoms with E-state index in [0.29, 0.717) is 24.5 Å². The highest BCUT2D eigenvalue weighted by molar-refractivity contribution is 6.30. The molecule has 1 aliphatic carbocycles. The number of urea groups is 1. The highest BCUT2D eigenvalue weighted by Crippen LogP contribution is 2.30. The number of nitrogens with zero attached hydrogens (tertiary/aromatic N) is 2. The van der Waals surface area contributed by atoms with Gasteiger partial charge in [0, 0.05) is 25.2 Å². The largest absolute Gasteiger partial charge is 0.340 e. The van der Waals surface area contributed by atoms with Gasteiger partial charge in [-0.05, 0) is 60.9 Å². The van der Waals surface area contributed by atoms with Crippen LogP contribution in [0.4, 0.5) is 4.79 Å². The minimum absolute atomic E-state index is 0.0124. The molecule has 2 aromatic carbocycles. The van der Waals surface area contributed by atoms with Crippen molar-refractivity contribution >= 4 is 23.5 Å². The van der Waals surface area contributed by atoms with E-state index in [9.17, 15) is 9.59 Å². The van der Waals surface area contributed by atoms with Crippen molar-refractivity contribution in [3.63, 3.8) is 0 Å². The van der Waals surface area contributed by atoms with Crippen LogP contribution < -0.4 is 5.32 Å². The molecule has 6 heteroatoms. The van der Waals surface area contributed by atoms with Crippen LogP contribution in [0.5, 0.6) is 0 Å². The molecule has 0 aromatic heterocycles. The van der Waals surface area contributed by atoms with Crippen LogP contribution in [-0.4, -0.2) is 41.4 Å². The van der Waals surface area contributed by atoms with Crippen LogP contribution in [0.2, 0.25) is 5.02 Å². The van der Waals surface area contributed by atoms with Gasteiger partial charge in [-0.1, -0.05) is 48.0 Å². The first kappa shape index (κ1) is 20.7. The molecule has 1 aliphatic heterocycles. The summed E-state index contributed by atoms with van der Waals surface area (Å²) in [4.78, 5) is 29.6. The van der Waals surface area contributed by atoms with Gasteiger partial charge < -0.3 is 15.1 Å². The number of likely N-dealkylation sites (tertiary alicyclic amines) is 1. The molecule has 2 aliphatic rings. The van der Waals surface area contributed by atoms with Crippen molar-refractivity contribution in [1.82, 2.24) is 15.1 Å². The van der Waals surface area contributed by atoms with Gasteiger partial charge in [-0.25, -0.2) is 4.79 Å². The molecule has 0 saturated carbocycles. The van der Waals surface area contributed by atoms with Crippen molar-refractivity contribution in [3.05, 3.63) is 70.2 Å². The van der Waals surface area contributed by atoms with Gasteiger partial charge in [0.2, 0.25) is 5.91 Å². The number of benzene rings is 2. The van der Waals surface area contributed by atoms with Crippen LogP contribution in [0.3, 0.4) is 0 Å². The van der Waals surface area contributed by atoms with Crippen LogP contribution in [-0.2, 0) is 17.8 Å². The summed E-state index contributed by atoms with van der Waals surface area (Å²) in [6.07, 6.45) is 4.61. The number of hydrogen-bond donors (Lipinski definition) is 1. The van der Waals surface area contributed by atoms with Gasteiger partial charge in [0.15, 0.2) is 0 Å². The van der Waals surface area contributed by atoms with Crippen molar-refractivity contribution in [2.45, 2.75) is 50.7 Å². The molecule has 4 rings (SSSR count). The van der Waals surface area contributed by atoms with E-state index in [1.54, 1.807) is 16.8 Å². The Morgan fingerprint density at radius 3 is 2.67 bits per heavy atom. The highest BCUT2D eigenvalue weighted by atomic mass is 35.5. The lowest BCUT2D eigenvalue weighted by molar-refractivity contribution is -0.134. The second-order valence-electron chi connectivity index (χ2n) is 8.27. The number of fused-ring (bicyclic) bond motifs is 1. The minimum Gasteiger partial charge on any atom is -0.340 e. The van der Waals surface area contributed by atoms with Crippen LogP contribution in [0.1, 0.15) is 48.4 Å². The maximum absolute atomic E-state index is 13.1. The van der Waals surface area contributed by atoms with E-state index < -0.39 is 6.04 Å². The van der Waals surface area contributed by atoms with E-state index in [-0.39, 0.29) is 18.0 Å². The zero-order valence-corrected chi connectivity index (χ0v) is 18.1. The van der Waals surface area contributed by atoms with E-state index in [4.69, 9.17) is 11.6 Å². The van der Waals surface area contributed by atoms with Crippen LogP contribution >= 0.6 is 11.6 Å². The molecule has 1 fully saturated rings. The van der Waals surface area contributed by atoms with Crippen molar-refractivity contribution in [3.8, 4) is 0 Å². The number of nitrogens with one attached hydrogen (secondary N) is 1. The van der Waals surface area contributed by atoms with Crippen LogP contribution in [0.15, 0.2) is 48.5 Å². The van der Waals surface area contributed by atoms with Crippen molar-refractivity contribution in [2.24, 2.45) is 0 Å². The number of likely N-dealkylation sites (N-methyl/N-ethyl adjacent to an activating group) is 1. The Labute approximate surface area is 183 Å². The number of hydrogen-bond acceptors (Lipinski definition) is 2. The summed E-state index contributed by atoms with van der Waals surface area (Å²) in [5, 5.41) is 3.87. The first-order valence-electron chi connectivity index (χ1n) is 10.7. The molecule has 30 heavy (non-hydrogen) atoms.